The van der Waals surface area contributed by atoms with Crippen molar-refractivity contribution in [2.24, 2.45) is 5.41 Å². The molecule has 0 N–H and O–H groups in total. The van der Waals surface area contributed by atoms with E-state index in [9.17, 15) is 9.59 Å². The quantitative estimate of drug-likeness (QED) is 0.666. The summed E-state index contributed by atoms with van der Waals surface area (Å²) >= 11 is 12.3. The zero-order chi connectivity index (χ0) is 20.0. The van der Waals surface area contributed by atoms with Crippen molar-refractivity contribution < 1.29 is 19.1 Å². The van der Waals surface area contributed by atoms with Gasteiger partial charge in [-0.05, 0) is 58.2 Å². The molecule has 1 heterocycles. The lowest BCUT2D eigenvalue weighted by Gasteiger charge is -2.37. The van der Waals surface area contributed by atoms with E-state index < -0.39 is 17.1 Å². The zero-order valence-corrected chi connectivity index (χ0v) is 17.6. The number of amides is 1. The Morgan fingerprint density at radius 1 is 1.22 bits per heavy atom. The van der Waals surface area contributed by atoms with Crippen molar-refractivity contribution in [2.45, 2.75) is 51.6 Å². The van der Waals surface area contributed by atoms with E-state index in [4.69, 9.17) is 32.7 Å². The van der Waals surface area contributed by atoms with Crippen molar-refractivity contribution in [1.29, 1.82) is 0 Å². The molecule has 2 fully saturated rings. The van der Waals surface area contributed by atoms with E-state index in [-0.39, 0.29) is 17.9 Å². The van der Waals surface area contributed by atoms with Crippen molar-refractivity contribution in [3.05, 3.63) is 33.8 Å². The summed E-state index contributed by atoms with van der Waals surface area (Å²) in [5.74, 6) is -0.274. The van der Waals surface area contributed by atoms with Gasteiger partial charge in [0.05, 0.1) is 22.1 Å². The average Bonchev–Trinajstić information content (AvgIpc) is 3.27. The smallest absolute Gasteiger partial charge is 0.410 e. The van der Waals surface area contributed by atoms with Crippen LogP contribution in [0.3, 0.4) is 0 Å². The van der Waals surface area contributed by atoms with Crippen LogP contribution >= 0.6 is 23.2 Å². The summed E-state index contributed by atoms with van der Waals surface area (Å²) in [6, 6.07) is 5.49. The molecule has 1 aliphatic heterocycles. The molecule has 0 radical (unpaired) electrons. The number of ether oxygens (including phenoxy) is 2. The number of halogens is 2. The molecule has 1 aromatic carbocycles. The summed E-state index contributed by atoms with van der Waals surface area (Å²) in [6.45, 7) is 8.35. The second kappa shape index (κ2) is 6.85. The molecular weight excluding hydrogens is 389 g/mol. The predicted octanol–water partition coefficient (Wildman–Crippen LogP) is 4.83. The summed E-state index contributed by atoms with van der Waals surface area (Å²) in [5.41, 5.74) is -0.772. The van der Waals surface area contributed by atoms with Gasteiger partial charge in [-0.3, -0.25) is 4.79 Å². The minimum atomic E-state index is -0.769. The number of esters is 1. The molecule has 0 bridgehead atoms. The normalized spacial score (nSPS) is 27.0. The number of fused-ring (bicyclic) bond motifs is 1. The molecule has 2 aliphatic rings. The van der Waals surface area contributed by atoms with Gasteiger partial charge in [-0.25, -0.2) is 4.79 Å². The second-order valence-corrected chi connectivity index (χ2v) is 9.16. The number of hydrogen-bond donors (Lipinski definition) is 0. The van der Waals surface area contributed by atoms with Gasteiger partial charge in [-0.1, -0.05) is 29.3 Å². The van der Waals surface area contributed by atoms with E-state index >= 15 is 0 Å². The highest BCUT2D eigenvalue weighted by atomic mass is 35.5. The van der Waals surface area contributed by atoms with Crippen LogP contribution < -0.4 is 0 Å². The maximum Gasteiger partial charge on any atom is 0.410 e. The number of rotatable bonds is 3. The van der Waals surface area contributed by atoms with Crippen LogP contribution in [-0.4, -0.2) is 42.3 Å². The molecule has 0 spiro atoms. The topological polar surface area (TPSA) is 55.8 Å². The predicted molar refractivity (Wildman–Crippen MR) is 104 cm³/mol. The minimum Gasteiger partial charge on any atom is -0.465 e. The molecule has 1 amide bonds. The lowest BCUT2D eigenvalue weighted by Crippen LogP contribution is -2.49. The van der Waals surface area contributed by atoms with Crippen molar-refractivity contribution in [3.63, 3.8) is 0 Å². The van der Waals surface area contributed by atoms with Crippen molar-refractivity contribution in [1.82, 2.24) is 4.90 Å². The van der Waals surface area contributed by atoms with Gasteiger partial charge in [0, 0.05) is 18.5 Å². The first-order valence-electron chi connectivity index (χ1n) is 9.15. The van der Waals surface area contributed by atoms with Crippen LogP contribution in [0.5, 0.6) is 0 Å². The average molecular weight is 414 g/mol. The molecule has 1 saturated heterocycles. The molecule has 2 atom stereocenters. The Labute approximate surface area is 169 Å². The summed E-state index contributed by atoms with van der Waals surface area (Å²) in [7, 11) is 0. The van der Waals surface area contributed by atoms with Gasteiger partial charge in [0.15, 0.2) is 0 Å². The number of nitrogens with zero attached hydrogens (tertiary/aromatic N) is 1. The van der Waals surface area contributed by atoms with Crippen LogP contribution in [0.2, 0.25) is 10.0 Å². The third-order valence-electron chi connectivity index (χ3n) is 5.45. The molecule has 1 saturated carbocycles. The monoisotopic (exact) mass is 413 g/mol. The highest BCUT2D eigenvalue weighted by Crippen LogP contribution is 2.69. The van der Waals surface area contributed by atoms with Crippen LogP contribution in [0.25, 0.3) is 0 Å². The van der Waals surface area contributed by atoms with Gasteiger partial charge < -0.3 is 14.4 Å². The fraction of sp³-hybridized carbons (Fsp3) is 0.600. The largest absolute Gasteiger partial charge is 0.465 e. The van der Waals surface area contributed by atoms with E-state index in [0.717, 1.165) is 5.56 Å². The molecule has 0 aromatic heterocycles. The third-order valence-corrected chi connectivity index (χ3v) is 6.19. The molecular formula is C20H25Cl2NO4. The SMILES string of the molecule is CCOC(=O)C12CN(C(=O)OC(C)(C)C)CCC1(c1ccc(Cl)c(Cl)c1)C2. The summed E-state index contributed by atoms with van der Waals surface area (Å²) in [6.07, 6.45) is 0.861. The second-order valence-electron chi connectivity index (χ2n) is 8.34. The van der Waals surface area contributed by atoms with Crippen LogP contribution in [-0.2, 0) is 19.7 Å². The number of hydrogen-bond acceptors (Lipinski definition) is 4. The van der Waals surface area contributed by atoms with Gasteiger partial charge in [-0.15, -0.1) is 0 Å². The molecule has 7 heteroatoms. The maximum atomic E-state index is 12.9. The fourth-order valence-corrected chi connectivity index (χ4v) is 4.43. The van der Waals surface area contributed by atoms with Crippen LogP contribution in [0.4, 0.5) is 4.79 Å². The zero-order valence-electron chi connectivity index (χ0n) is 16.1. The van der Waals surface area contributed by atoms with Crippen molar-refractivity contribution in [2.75, 3.05) is 19.7 Å². The fourth-order valence-electron chi connectivity index (χ4n) is 4.14. The van der Waals surface area contributed by atoms with Gasteiger partial charge in [0.2, 0.25) is 0 Å². The van der Waals surface area contributed by atoms with Gasteiger partial charge >= 0.3 is 12.1 Å². The Balaban J connectivity index is 1.91. The first-order chi connectivity index (χ1) is 12.5. The lowest BCUT2D eigenvalue weighted by atomic mass is 9.80. The number of piperidine rings is 1. The van der Waals surface area contributed by atoms with E-state index in [1.54, 1.807) is 17.9 Å². The molecule has 148 valence electrons. The van der Waals surface area contributed by atoms with Gasteiger partial charge in [0.25, 0.3) is 0 Å². The molecule has 1 aromatic rings. The Morgan fingerprint density at radius 2 is 1.93 bits per heavy atom. The minimum absolute atomic E-state index is 0.274. The highest BCUT2D eigenvalue weighted by molar-refractivity contribution is 6.42. The number of benzene rings is 1. The standard InChI is InChI=1S/C20H25Cl2NO4/c1-5-26-16(24)20-11-19(20,13-6-7-14(21)15(22)10-13)8-9-23(12-20)17(25)27-18(2,3)4/h6-7,10H,5,8-9,11-12H2,1-4H3. The number of carbonyl (C=O) groups excluding carboxylic acids is 2. The highest BCUT2D eigenvalue weighted by Gasteiger charge is 2.75. The first-order valence-corrected chi connectivity index (χ1v) is 9.91. The van der Waals surface area contributed by atoms with E-state index in [1.807, 2.05) is 32.9 Å². The summed E-state index contributed by atoms with van der Waals surface area (Å²) in [4.78, 5) is 27.1. The molecule has 3 rings (SSSR count). The molecule has 27 heavy (non-hydrogen) atoms. The summed E-state index contributed by atoms with van der Waals surface area (Å²) < 4.78 is 10.9. The third kappa shape index (κ3) is 3.52. The van der Waals surface area contributed by atoms with Crippen LogP contribution in [0.1, 0.15) is 46.1 Å². The lowest BCUT2D eigenvalue weighted by molar-refractivity contribution is -0.152. The van der Waals surface area contributed by atoms with E-state index in [0.29, 0.717) is 36.0 Å². The Hall–Kier alpha value is -1.46. The van der Waals surface area contributed by atoms with Crippen LogP contribution in [0, 0.1) is 5.41 Å². The number of carbonyl (C=O) groups is 2. The van der Waals surface area contributed by atoms with Gasteiger partial charge in [0.1, 0.15) is 5.60 Å². The van der Waals surface area contributed by atoms with Crippen molar-refractivity contribution in [3.8, 4) is 0 Å². The van der Waals surface area contributed by atoms with Crippen LogP contribution in [0.15, 0.2) is 18.2 Å². The summed E-state index contributed by atoms with van der Waals surface area (Å²) in [5, 5.41) is 0.938. The van der Waals surface area contributed by atoms with Gasteiger partial charge in [-0.2, -0.15) is 0 Å². The number of likely N-dealkylation sites (tertiary alicyclic amines) is 1. The maximum absolute atomic E-state index is 12.9. The molecule has 2 unspecified atom stereocenters. The molecule has 5 nitrogen and oxygen atoms in total. The van der Waals surface area contributed by atoms with E-state index in [1.165, 1.54) is 0 Å². The van der Waals surface area contributed by atoms with E-state index in [2.05, 4.69) is 0 Å². The Bertz CT molecular complexity index is 776. The Morgan fingerprint density at radius 3 is 2.52 bits per heavy atom. The molecule has 1 aliphatic carbocycles. The Kier molecular flexibility index (Phi) is 5.15. The first kappa shape index (κ1) is 20.3. The van der Waals surface area contributed by atoms with Crippen molar-refractivity contribution >= 4 is 35.3 Å².